The highest BCUT2D eigenvalue weighted by Crippen LogP contribution is 2.28. The molecule has 0 saturated heterocycles. The van der Waals surface area contributed by atoms with E-state index in [1.165, 1.54) is 6.07 Å². The number of pyridine rings is 1. The van der Waals surface area contributed by atoms with Crippen LogP contribution >= 0.6 is 15.9 Å². The molecule has 2 nitrogen and oxygen atoms in total. The lowest BCUT2D eigenvalue weighted by atomic mass is 10.1. The fraction of sp³-hybridized carbons (Fsp3) is 0.182. The van der Waals surface area contributed by atoms with E-state index in [4.69, 9.17) is 5.73 Å². The van der Waals surface area contributed by atoms with Crippen LogP contribution in [0.15, 0.2) is 22.7 Å². The first-order chi connectivity index (χ1) is 7.13. The summed E-state index contributed by atoms with van der Waals surface area (Å²) in [5.41, 5.74) is 7.94. The van der Waals surface area contributed by atoms with Crippen molar-refractivity contribution in [2.45, 2.75) is 13.5 Å². The highest BCUT2D eigenvalue weighted by Gasteiger charge is 2.09. The molecule has 0 aliphatic rings. The highest BCUT2D eigenvalue weighted by molar-refractivity contribution is 9.10. The van der Waals surface area contributed by atoms with E-state index < -0.39 is 0 Å². The van der Waals surface area contributed by atoms with Crippen molar-refractivity contribution in [1.29, 1.82) is 0 Å². The Balaban J connectivity index is 2.84. The Morgan fingerprint density at radius 2 is 2.20 bits per heavy atom. The maximum atomic E-state index is 13.4. The Bertz CT molecular complexity index is 525. The number of aryl methyl sites for hydroxylation is 1. The van der Waals surface area contributed by atoms with Crippen molar-refractivity contribution >= 4 is 26.8 Å². The molecule has 0 aliphatic heterocycles. The van der Waals surface area contributed by atoms with E-state index in [9.17, 15) is 4.39 Å². The predicted molar refractivity (Wildman–Crippen MR) is 62.0 cm³/mol. The van der Waals surface area contributed by atoms with Crippen molar-refractivity contribution < 1.29 is 4.39 Å². The molecule has 1 heterocycles. The molecule has 0 saturated carbocycles. The molecule has 15 heavy (non-hydrogen) atoms. The number of hydrogen-bond donors (Lipinski definition) is 1. The first-order valence-electron chi connectivity index (χ1n) is 4.58. The number of benzene rings is 1. The Labute approximate surface area is 95.4 Å². The number of halogens is 2. The summed E-state index contributed by atoms with van der Waals surface area (Å²) in [7, 11) is 0. The van der Waals surface area contributed by atoms with Crippen molar-refractivity contribution in [1.82, 2.24) is 4.98 Å². The third-order valence-electron chi connectivity index (χ3n) is 2.32. The van der Waals surface area contributed by atoms with Gasteiger partial charge in [0.15, 0.2) is 0 Å². The van der Waals surface area contributed by atoms with Gasteiger partial charge in [0.05, 0.1) is 15.7 Å². The Hall–Kier alpha value is -1.00. The maximum Gasteiger partial charge on any atom is 0.138 e. The Morgan fingerprint density at radius 1 is 1.47 bits per heavy atom. The third kappa shape index (κ3) is 1.75. The van der Waals surface area contributed by atoms with Crippen LogP contribution in [0.1, 0.15) is 11.3 Å². The quantitative estimate of drug-likeness (QED) is 0.864. The molecule has 0 atom stereocenters. The smallest absolute Gasteiger partial charge is 0.138 e. The van der Waals surface area contributed by atoms with Gasteiger partial charge in [0.25, 0.3) is 0 Å². The second-order valence-corrected chi connectivity index (χ2v) is 4.19. The molecule has 4 heteroatoms. The predicted octanol–water partition coefficient (Wildman–Crippen LogP) is 2.90. The van der Waals surface area contributed by atoms with Crippen LogP contribution < -0.4 is 5.73 Å². The lowest BCUT2D eigenvalue weighted by Crippen LogP contribution is -2.00. The van der Waals surface area contributed by atoms with E-state index in [2.05, 4.69) is 20.9 Å². The first-order valence-corrected chi connectivity index (χ1v) is 5.37. The summed E-state index contributed by atoms with van der Waals surface area (Å²) in [5.74, 6) is -0.262. The molecular formula is C11H10BrFN2. The largest absolute Gasteiger partial charge is 0.325 e. The normalized spacial score (nSPS) is 10.9. The van der Waals surface area contributed by atoms with E-state index in [-0.39, 0.29) is 5.82 Å². The van der Waals surface area contributed by atoms with Gasteiger partial charge in [0.1, 0.15) is 5.82 Å². The zero-order valence-corrected chi connectivity index (χ0v) is 9.81. The maximum absolute atomic E-state index is 13.4. The lowest BCUT2D eigenvalue weighted by Gasteiger charge is -2.06. The minimum Gasteiger partial charge on any atom is -0.325 e. The molecule has 0 fully saturated rings. The second kappa shape index (κ2) is 3.87. The van der Waals surface area contributed by atoms with E-state index in [0.29, 0.717) is 11.0 Å². The molecule has 1 aromatic carbocycles. The van der Waals surface area contributed by atoms with Crippen molar-refractivity contribution in [3.8, 4) is 0 Å². The summed E-state index contributed by atoms with van der Waals surface area (Å²) in [5, 5.41) is 0.782. The minimum absolute atomic E-state index is 0.262. The van der Waals surface area contributed by atoms with Gasteiger partial charge in [-0.15, -0.1) is 0 Å². The van der Waals surface area contributed by atoms with Gasteiger partial charge >= 0.3 is 0 Å². The van der Waals surface area contributed by atoms with E-state index in [1.54, 1.807) is 0 Å². The van der Waals surface area contributed by atoms with E-state index in [0.717, 1.165) is 22.2 Å². The topological polar surface area (TPSA) is 38.9 Å². The standard InChI is InChI=1S/C11H10BrFN2/c1-6-4-9(13)10(12)8-3-2-7(5-14)15-11(6)8/h2-4H,5,14H2,1H3. The number of aromatic nitrogens is 1. The lowest BCUT2D eigenvalue weighted by molar-refractivity contribution is 0.622. The van der Waals surface area contributed by atoms with Gasteiger partial charge in [-0.2, -0.15) is 0 Å². The highest BCUT2D eigenvalue weighted by atomic mass is 79.9. The van der Waals surface area contributed by atoms with Crippen LogP contribution in [-0.2, 0) is 6.54 Å². The van der Waals surface area contributed by atoms with Crippen molar-refractivity contribution in [2.75, 3.05) is 0 Å². The van der Waals surface area contributed by atoms with Crippen LogP contribution in [0.4, 0.5) is 4.39 Å². The second-order valence-electron chi connectivity index (χ2n) is 3.39. The van der Waals surface area contributed by atoms with Gasteiger partial charge < -0.3 is 5.73 Å². The molecule has 2 N–H and O–H groups in total. The zero-order chi connectivity index (χ0) is 11.0. The number of hydrogen-bond acceptors (Lipinski definition) is 2. The van der Waals surface area contributed by atoms with Crippen LogP contribution in [0, 0.1) is 12.7 Å². The summed E-state index contributed by atoms with van der Waals surface area (Å²) in [4.78, 5) is 4.37. The van der Waals surface area contributed by atoms with Crippen LogP contribution in [-0.4, -0.2) is 4.98 Å². The summed E-state index contributed by atoms with van der Waals surface area (Å²) < 4.78 is 13.9. The van der Waals surface area contributed by atoms with Crippen LogP contribution in [0.3, 0.4) is 0 Å². The molecule has 2 rings (SSSR count). The van der Waals surface area contributed by atoms with Crippen LogP contribution in [0.2, 0.25) is 0 Å². The third-order valence-corrected chi connectivity index (χ3v) is 3.13. The summed E-state index contributed by atoms with van der Waals surface area (Å²) in [6.07, 6.45) is 0. The van der Waals surface area contributed by atoms with E-state index in [1.807, 2.05) is 19.1 Å². The summed E-state index contributed by atoms with van der Waals surface area (Å²) in [6.45, 7) is 2.23. The zero-order valence-electron chi connectivity index (χ0n) is 8.22. The molecule has 1 aromatic heterocycles. The number of nitrogens with zero attached hydrogens (tertiary/aromatic N) is 1. The van der Waals surface area contributed by atoms with Crippen LogP contribution in [0.5, 0.6) is 0 Å². The van der Waals surface area contributed by atoms with E-state index >= 15 is 0 Å². The average molecular weight is 269 g/mol. The van der Waals surface area contributed by atoms with Crippen molar-refractivity contribution in [2.24, 2.45) is 5.73 Å². The molecule has 0 bridgehead atoms. The monoisotopic (exact) mass is 268 g/mol. The van der Waals surface area contributed by atoms with Gasteiger partial charge in [0.2, 0.25) is 0 Å². The Kier molecular flexibility index (Phi) is 2.71. The molecule has 0 radical (unpaired) electrons. The van der Waals surface area contributed by atoms with Gasteiger partial charge in [-0.25, -0.2) is 4.39 Å². The van der Waals surface area contributed by atoms with Gasteiger partial charge in [-0.05, 0) is 46.6 Å². The van der Waals surface area contributed by atoms with Crippen LogP contribution in [0.25, 0.3) is 10.9 Å². The minimum atomic E-state index is -0.262. The number of nitrogens with two attached hydrogens (primary N) is 1. The Morgan fingerprint density at radius 3 is 2.87 bits per heavy atom. The number of rotatable bonds is 1. The molecule has 0 amide bonds. The van der Waals surface area contributed by atoms with Gasteiger partial charge in [0, 0.05) is 11.9 Å². The first kappa shape index (κ1) is 10.5. The van der Waals surface area contributed by atoms with Crippen molar-refractivity contribution in [3.05, 3.63) is 39.7 Å². The van der Waals surface area contributed by atoms with Crippen molar-refractivity contribution in [3.63, 3.8) is 0 Å². The molecule has 2 aromatic rings. The molecule has 0 spiro atoms. The fourth-order valence-electron chi connectivity index (χ4n) is 1.54. The fourth-order valence-corrected chi connectivity index (χ4v) is 1.98. The summed E-state index contributed by atoms with van der Waals surface area (Å²) in [6, 6.07) is 5.12. The number of fused-ring (bicyclic) bond motifs is 1. The van der Waals surface area contributed by atoms with Gasteiger partial charge in [-0.1, -0.05) is 0 Å². The molecule has 0 aliphatic carbocycles. The molecular weight excluding hydrogens is 259 g/mol. The average Bonchev–Trinajstić information content (AvgIpc) is 2.25. The van der Waals surface area contributed by atoms with Gasteiger partial charge in [-0.3, -0.25) is 4.98 Å². The SMILES string of the molecule is Cc1cc(F)c(Br)c2ccc(CN)nc12. The summed E-state index contributed by atoms with van der Waals surface area (Å²) >= 11 is 3.22. The molecule has 0 unspecified atom stereocenters. The molecule has 78 valence electrons.